The van der Waals surface area contributed by atoms with E-state index in [1.54, 1.807) is 19.2 Å². The monoisotopic (exact) mass is 383 g/mol. The predicted octanol–water partition coefficient (Wildman–Crippen LogP) is 5.17. The number of hydrogen-bond acceptors (Lipinski definition) is 5. The number of pyridine rings is 1. The minimum absolute atomic E-state index is 0.315. The van der Waals surface area contributed by atoms with E-state index in [4.69, 9.17) is 9.15 Å². The molecule has 0 aliphatic heterocycles. The molecule has 0 saturated heterocycles. The number of rotatable bonds is 2. The van der Waals surface area contributed by atoms with Crippen LogP contribution in [0, 0.1) is 13.8 Å². The Morgan fingerprint density at radius 2 is 1.62 bits per heavy atom. The fourth-order valence-corrected chi connectivity index (χ4v) is 4.14. The number of furan rings is 1. The maximum absolute atomic E-state index is 13.1. The third kappa shape index (κ3) is 2.30. The smallest absolute Gasteiger partial charge is 0.237 e. The second-order valence-electron chi connectivity index (χ2n) is 7.14. The predicted molar refractivity (Wildman–Crippen MR) is 110 cm³/mol. The summed E-state index contributed by atoms with van der Waals surface area (Å²) in [5.74, 6) is 0.258. The van der Waals surface area contributed by atoms with E-state index in [-0.39, 0.29) is 0 Å². The number of ether oxygens (including phenoxy) is 1. The topological polar surface area (TPSA) is 69.4 Å². The molecule has 2 aromatic carbocycles. The van der Waals surface area contributed by atoms with Crippen molar-refractivity contribution in [2.45, 2.75) is 13.8 Å². The molecular formula is C24H17NO4. The number of ketones is 2. The lowest BCUT2D eigenvalue weighted by molar-refractivity contribution is 0.0815. The molecule has 0 saturated carbocycles. The number of carbonyl (C=O) groups excluding carboxylic acids is 2. The van der Waals surface area contributed by atoms with Crippen LogP contribution in [0.15, 0.2) is 53.1 Å². The Morgan fingerprint density at radius 1 is 0.828 bits per heavy atom. The Morgan fingerprint density at radius 3 is 2.41 bits per heavy atom. The van der Waals surface area contributed by atoms with Crippen LogP contribution in [0.2, 0.25) is 0 Å². The van der Waals surface area contributed by atoms with E-state index in [0.717, 1.165) is 16.3 Å². The Kier molecular flexibility index (Phi) is 3.68. The summed E-state index contributed by atoms with van der Waals surface area (Å²) in [6.45, 7) is 3.77. The molecule has 29 heavy (non-hydrogen) atoms. The molecule has 0 amide bonds. The van der Waals surface area contributed by atoms with E-state index in [2.05, 4.69) is 4.98 Å². The molecule has 2 aromatic heterocycles. The molecule has 0 unspecified atom stereocenters. The van der Waals surface area contributed by atoms with E-state index in [1.807, 2.05) is 43.3 Å². The summed E-state index contributed by atoms with van der Waals surface area (Å²) in [5, 5.41) is 1.72. The van der Waals surface area contributed by atoms with Gasteiger partial charge in [0, 0.05) is 22.9 Å². The van der Waals surface area contributed by atoms with Gasteiger partial charge in [-0.05, 0) is 48.4 Å². The Hall–Kier alpha value is -3.73. The molecule has 1 aliphatic rings. The zero-order valence-corrected chi connectivity index (χ0v) is 16.2. The summed E-state index contributed by atoms with van der Waals surface area (Å²) >= 11 is 0. The molecule has 5 heteroatoms. The second kappa shape index (κ2) is 6.14. The summed E-state index contributed by atoms with van der Waals surface area (Å²) in [6, 6.07) is 13.2. The summed E-state index contributed by atoms with van der Waals surface area (Å²) in [4.78, 5) is 30.4. The standard InChI is InChI=1S/C24H17NO4/c1-12-6-4-7-15-14(12)9-10-16-19(15)21(27)20(26)18-13(2)22(29-23(16)18)17-8-5-11-25-24(17)28-3/h4-11H,1-3H3. The van der Waals surface area contributed by atoms with Crippen LogP contribution in [0.3, 0.4) is 0 Å². The Labute approximate surface area is 166 Å². The van der Waals surface area contributed by atoms with Gasteiger partial charge in [-0.25, -0.2) is 4.98 Å². The summed E-state index contributed by atoms with van der Waals surface area (Å²) < 4.78 is 11.5. The van der Waals surface area contributed by atoms with Crippen LogP contribution in [0.5, 0.6) is 5.88 Å². The van der Waals surface area contributed by atoms with Crippen LogP contribution >= 0.6 is 0 Å². The number of Topliss-reactive ketones (excluding diaryl/α,β-unsaturated/α-hetero) is 2. The van der Waals surface area contributed by atoms with Crippen molar-refractivity contribution in [3.05, 3.63) is 70.9 Å². The van der Waals surface area contributed by atoms with Crippen LogP contribution in [0.4, 0.5) is 0 Å². The van der Waals surface area contributed by atoms with Crippen LogP contribution in [-0.4, -0.2) is 23.7 Å². The van der Waals surface area contributed by atoms with Crippen LogP contribution < -0.4 is 4.74 Å². The highest BCUT2D eigenvalue weighted by Gasteiger charge is 2.38. The molecule has 0 bridgehead atoms. The van der Waals surface area contributed by atoms with Crippen molar-refractivity contribution in [1.29, 1.82) is 0 Å². The van der Waals surface area contributed by atoms with E-state index in [0.29, 0.717) is 45.2 Å². The first-order valence-corrected chi connectivity index (χ1v) is 9.27. The molecule has 0 atom stereocenters. The third-order valence-corrected chi connectivity index (χ3v) is 5.54. The number of aryl methyl sites for hydroxylation is 1. The van der Waals surface area contributed by atoms with Crippen molar-refractivity contribution in [3.63, 3.8) is 0 Å². The minimum atomic E-state index is -0.545. The lowest BCUT2D eigenvalue weighted by Gasteiger charge is -2.16. The highest BCUT2D eigenvalue weighted by molar-refractivity contribution is 6.54. The average Bonchev–Trinajstić information content (AvgIpc) is 3.09. The fraction of sp³-hybridized carbons (Fsp3) is 0.125. The molecule has 2 heterocycles. The molecule has 0 radical (unpaired) electrons. The first-order valence-electron chi connectivity index (χ1n) is 9.27. The summed E-state index contributed by atoms with van der Waals surface area (Å²) in [7, 11) is 1.53. The number of nitrogens with zero attached hydrogens (tertiary/aromatic N) is 1. The number of benzene rings is 2. The lowest BCUT2D eigenvalue weighted by atomic mass is 9.83. The number of carbonyl (C=O) groups is 2. The van der Waals surface area contributed by atoms with Gasteiger partial charge < -0.3 is 9.15 Å². The van der Waals surface area contributed by atoms with Gasteiger partial charge in [0.1, 0.15) is 11.5 Å². The SMILES string of the molecule is COc1ncccc1-c1oc2c(c1C)C(=O)C(=O)c1c-2ccc2c(C)cccc12. The van der Waals surface area contributed by atoms with Gasteiger partial charge in [-0.15, -0.1) is 0 Å². The highest BCUT2D eigenvalue weighted by atomic mass is 16.5. The molecule has 142 valence electrons. The van der Waals surface area contributed by atoms with Crippen molar-refractivity contribution < 1.29 is 18.7 Å². The van der Waals surface area contributed by atoms with Crippen molar-refractivity contribution in [2.75, 3.05) is 7.11 Å². The van der Waals surface area contributed by atoms with Gasteiger partial charge in [0.15, 0.2) is 0 Å². The fourth-order valence-electron chi connectivity index (χ4n) is 4.14. The maximum atomic E-state index is 13.1. The maximum Gasteiger partial charge on any atom is 0.237 e. The van der Waals surface area contributed by atoms with Gasteiger partial charge in [-0.1, -0.05) is 24.3 Å². The first-order chi connectivity index (χ1) is 14.0. The van der Waals surface area contributed by atoms with Crippen LogP contribution in [0.1, 0.15) is 31.8 Å². The van der Waals surface area contributed by atoms with Gasteiger partial charge in [-0.2, -0.15) is 0 Å². The van der Waals surface area contributed by atoms with Gasteiger partial charge in [0.2, 0.25) is 17.4 Å². The lowest BCUT2D eigenvalue weighted by Crippen LogP contribution is -2.21. The Balaban J connectivity index is 1.85. The van der Waals surface area contributed by atoms with Crippen molar-refractivity contribution in [2.24, 2.45) is 0 Å². The molecule has 1 aliphatic carbocycles. The van der Waals surface area contributed by atoms with Gasteiger partial charge in [0.05, 0.1) is 18.2 Å². The zero-order chi connectivity index (χ0) is 20.3. The quantitative estimate of drug-likeness (QED) is 0.447. The van der Waals surface area contributed by atoms with Gasteiger partial charge in [-0.3, -0.25) is 9.59 Å². The van der Waals surface area contributed by atoms with E-state index in [9.17, 15) is 9.59 Å². The number of methoxy groups -OCH3 is 1. The number of aromatic nitrogens is 1. The summed E-state index contributed by atoms with van der Waals surface area (Å²) in [6.07, 6.45) is 1.62. The second-order valence-corrected chi connectivity index (χ2v) is 7.14. The highest BCUT2D eigenvalue weighted by Crippen LogP contribution is 2.45. The van der Waals surface area contributed by atoms with E-state index < -0.39 is 11.6 Å². The van der Waals surface area contributed by atoms with E-state index >= 15 is 0 Å². The Bertz CT molecular complexity index is 1350. The van der Waals surface area contributed by atoms with Crippen LogP contribution in [-0.2, 0) is 0 Å². The minimum Gasteiger partial charge on any atom is -0.480 e. The largest absolute Gasteiger partial charge is 0.480 e. The molecule has 0 spiro atoms. The van der Waals surface area contributed by atoms with Crippen molar-refractivity contribution in [3.8, 4) is 28.5 Å². The molecule has 0 fully saturated rings. The van der Waals surface area contributed by atoms with Crippen LogP contribution in [0.25, 0.3) is 33.4 Å². The first kappa shape index (κ1) is 17.4. The molecule has 5 rings (SSSR count). The normalized spacial score (nSPS) is 12.8. The van der Waals surface area contributed by atoms with Crippen molar-refractivity contribution in [1.82, 2.24) is 4.98 Å². The number of fused-ring (bicyclic) bond motifs is 5. The van der Waals surface area contributed by atoms with Gasteiger partial charge >= 0.3 is 0 Å². The average molecular weight is 383 g/mol. The molecule has 0 N–H and O–H groups in total. The van der Waals surface area contributed by atoms with E-state index in [1.165, 1.54) is 7.11 Å². The summed E-state index contributed by atoms with van der Waals surface area (Å²) in [5.41, 5.74) is 3.66. The molecule has 4 aromatic rings. The molecular weight excluding hydrogens is 366 g/mol. The third-order valence-electron chi connectivity index (χ3n) is 5.54. The molecule has 5 nitrogen and oxygen atoms in total. The van der Waals surface area contributed by atoms with Crippen molar-refractivity contribution >= 4 is 22.3 Å². The van der Waals surface area contributed by atoms with Gasteiger partial charge in [0.25, 0.3) is 0 Å². The zero-order valence-electron chi connectivity index (χ0n) is 16.2. The number of hydrogen-bond donors (Lipinski definition) is 0.